The molecule has 1 atom stereocenters. The Bertz CT molecular complexity index is 516. The second-order valence-electron chi connectivity index (χ2n) is 6.21. The van der Waals surface area contributed by atoms with Gasteiger partial charge in [-0.05, 0) is 46.1 Å². The van der Waals surface area contributed by atoms with Gasteiger partial charge in [-0.2, -0.15) is 0 Å². The van der Waals surface area contributed by atoms with Crippen molar-refractivity contribution in [3.63, 3.8) is 0 Å². The molecule has 0 radical (unpaired) electrons. The molecule has 1 N–H and O–H groups in total. The van der Waals surface area contributed by atoms with Crippen molar-refractivity contribution in [1.82, 2.24) is 9.80 Å². The number of non-ortho nitro benzene ring substituents is 1. The lowest BCUT2D eigenvalue weighted by Gasteiger charge is -2.35. The summed E-state index contributed by atoms with van der Waals surface area (Å²) in [6.45, 7) is 2.64. The highest BCUT2D eigenvalue weighted by Gasteiger charge is 2.22. The Morgan fingerprint density at radius 2 is 2.13 bits per heavy atom. The van der Waals surface area contributed by atoms with Gasteiger partial charge in [-0.3, -0.25) is 10.1 Å². The average Bonchev–Trinajstić information content (AvgIpc) is 2.53. The van der Waals surface area contributed by atoms with E-state index in [0.717, 1.165) is 25.9 Å². The second kappa shape index (κ2) is 8.24. The van der Waals surface area contributed by atoms with Crippen molar-refractivity contribution < 1.29 is 14.8 Å². The standard InChI is InChI=1S/C16H25N3O4/c1-17(2)13-6-8-18(9-7-13)11-15(20)12-23-16-5-3-4-14(10-16)19(21)22/h3-5,10,13,15,20H,6-9,11-12H2,1-2H3. The number of piperidine rings is 1. The highest BCUT2D eigenvalue weighted by atomic mass is 16.6. The number of nitro groups is 1. The summed E-state index contributed by atoms with van der Waals surface area (Å²) >= 11 is 0. The smallest absolute Gasteiger partial charge is 0.273 e. The molecule has 1 aliphatic heterocycles. The molecule has 0 amide bonds. The summed E-state index contributed by atoms with van der Waals surface area (Å²) in [7, 11) is 4.20. The fourth-order valence-electron chi connectivity index (χ4n) is 2.85. The number of rotatable bonds is 7. The average molecular weight is 323 g/mol. The Labute approximate surface area is 136 Å². The van der Waals surface area contributed by atoms with Crippen LogP contribution in [0, 0.1) is 10.1 Å². The zero-order valence-electron chi connectivity index (χ0n) is 13.7. The number of nitrogens with zero attached hydrogens (tertiary/aromatic N) is 3. The first-order chi connectivity index (χ1) is 11.0. The van der Waals surface area contributed by atoms with E-state index in [1.807, 2.05) is 0 Å². The topological polar surface area (TPSA) is 79.1 Å². The third kappa shape index (κ3) is 5.46. The van der Waals surface area contributed by atoms with Gasteiger partial charge in [0, 0.05) is 18.7 Å². The van der Waals surface area contributed by atoms with Gasteiger partial charge in [0.1, 0.15) is 18.5 Å². The molecule has 0 aliphatic carbocycles. The van der Waals surface area contributed by atoms with Crippen LogP contribution in [0.5, 0.6) is 5.75 Å². The molecule has 1 heterocycles. The van der Waals surface area contributed by atoms with Crippen LogP contribution in [0.1, 0.15) is 12.8 Å². The number of β-amino-alcohol motifs (C(OH)–C–C–N with tert-alkyl or cyclic N) is 1. The largest absolute Gasteiger partial charge is 0.491 e. The third-order valence-corrected chi connectivity index (χ3v) is 4.23. The van der Waals surface area contributed by atoms with Crippen LogP contribution in [0.3, 0.4) is 0 Å². The van der Waals surface area contributed by atoms with Gasteiger partial charge in [0.15, 0.2) is 0 Å². The van der Waals surface area contributed by atoms with Crippen molar-refractivity contribution >= 4 is 5.69 Å². The highest BCUT2D eigenvalue weighted by molar-refractivity contribution is 5.37. The molecule has 1 saturated heterocycles. The SMILES string of the molecule is CN(C)C1CCN(CC(O)COc2cccc([N+](=O)[O-])c2)CC1. The van der Waals surface area contributed by atoms with E-state index in [9.17, 15) is 15.2 Å². The van der Waals surface area contributed by atoms with E-state index in [-0.39, 0.29) is 12.3 Å². The van der Waals surface area contributed by atoms with Crippen LogP contribution < -0.4 is 4.74 Å². The van der Waals surface area contributed by atoms with E-state index in [1.165, 1.54) is 12.1 Å². The number of ether oxygens (including phenoxy) is 1. The molecule has 1 unspecified atom stereocenters. The summed E-state index contributed by atoms with van der Waals surface area (Å²) in [5.74, 6) is 0.407. The zero-order valence-corrected chi connectivity index (χ0v) is 13.7. The van der Waals surface area contributed by atoms with Crippen LogP contribution in [0.2, 0.25) is 0 Å². The van der Waals surface area contributed by atoms with Crippen molar-refractivity contribution in [2.75, 3.05) is 40.3 Å². The number of nitro benzene ring substituents is 1. The van der Waals surface area contributed by atoms with Crippen molar-refractivity contribution in [3.05, 3.63) is 34.4 Å². The first-order valence-corrected chi connectivity index (χ1v) is 7.90. The molecule has 1 aliphatic rings. The molecule has 0 spiro atoms. The Morgan fingerprint density at radius 3 is 2.74 bits per heavy atom. The maximum absolute atomic E-state index is 10.7. The first-order valence-electron chi connectivity index (χ1n) is 7.90. The van der Waals surface area contributed by atoms with Gasteiger partial charge in [0.25, 0.3) is 5.69 Å². The maximum Gasteiger partial charge on any atom is 0.273 e. The predicted molar refractivity (Wildman–Crippen MR) is 87.7 cm³/mol. The van der Waals surface area contributed by atoms with Crippen LogP contribution in [0.25, 0.3) is 0 Å². The van der Waals surface area contributed by atoms with Gasteiger partial charge in [-0.1, -0.05) is 6.07 Å². The van der Waals surface area contributed by atoms with Crippen molar-refractivity contribution in [3.8, 4) is 5.75 Å². The van der Waals surface area contributed by atoms with Gasteiger partial charge in [-0.25, -0.2) is 0 Å². The summed E-state index contributed by atoms with van der Waals surface area (Å²) in [6.07, 6.45) is 1.60. The van der Waals surface area contributed by atoms with Crippen molar-refractivity contribution in [2.45, 2.75) is 25.0 Å². The Hall–Kier alpha value is -1.70. The van der Waals surface area contributed by atoms with Gasteiger partial charge in [-0.15, -0.1) is 0 Å². The Balaban J connectivity index is 1.74. The molecular formula is C16H25N3O4. The summed E-state index contributed by atoms with van der Waals surface area (Å²) in [6, 6.07) is 6.63. The molecule has 2 rings (SSSR count). The van der Waals surface area contributed by atoms with Crippen LogP contribution in [-0.2, 0) is 0 Å². The molecule has 7 nitrogen and oxygen atoms in total. The lowest BCUT2D eigenvalue weighted by molar-refractivity contribution is -0.384. The number of likely N-dealkylation sites (tertiary alicyclic amines) is 1. The van der Waals surface area contributed by atoms with Crippen LogP contribution >= 0.6 is 0 Å². The molecular weight excluding hydrogens is 298 g/mol. The van der Waals surface area contributed by atoms with E-state index in [1.54, 1.807) is 12.1 Å². The van der Waals surface area contributed by atoms with Crippen LogP contribution in [0.4, 0.5) is 5.69 Å². The minimum Gasteiger partial charge on any atom is -0.491 e. The third-order valence-electron chi connectivity index (χ3n) is 4.23. The molecule has 128 valence electrons. The fourth-order valence-corrected chi connectivity index (χ4v) is 2.85. The minimum atomic E-state index is -0.606. The minimum absolute atomic E-state index is 0.0113. The molecule has 1 fully saturated rings. The second-order valence-corrected chi connectivity index (χ2v) is 6.21. The van der Waals surface area contributed by atoms with Gasteiger partial charge >= 0.3 is 0 Å². The number of benzene rings is 1. The van der Waals surface area contributed by atoms with Crippen molar-refractivity contribution in [1.29, 1.82) is 0 Å². The fraction of sp³-hybridized carbons (Fsp3) is 0.625. The number of hydrogen-bond acceptors (Lipinski definition) is 6. The normalized spacial score (nSPS) is 18.1. The molecule has 23 heavy (non-hydrogen) atoms. The number of hydrogen-bond donors (Lipinski definition) is 1. The molecule has 7 heteroatoms. The summed E-state index contributed by atoms with van der Waals surface area (Å²) < 4.78 is 5.47. The van der Waals surface area contributed by atoms with E-state index < -0.39 is 11.0 Å². The molecule has 0 saturated carbocycles. The Kier molecular flexibility index (Phi) is 6.32. The van der Waals surface area contributed by atoms with Gasteiger partial charge < -0.3 is 19.6 Å². The zero-order chi connectivity index (χ0) is 16.8. The highest BCUT2D eigenvalue weighted by Crippen LogP contribution is 2.19. The monoisotopic (exact) mass is 323 g/mol. The summed E-state index contributed by atoms with van der Waals surface area (Å²) in [5, 5.41) is 20.8. The number of aliphatic hydroxyl groups is 1. The Morgan fingerprint density at radius 1 is 1.43 bits per heavy atom. The van der Waals surface area contributed by atoms with E-state index in [4.69, 9.17) is 4.74 Å². The quantitative estimate of drug-likeness (QED) is 0.603. The van der Waals surface area contributed by atoms with Gasteiger partial charge in [0.05, 0.1) is 11.0 Å². The molecule has 1 aromatic carbocycles. The molecule has 1 aromatic rings. The summed E-state index contributed by atoms with van der Waals surface area (Å²) in [5.41, 5.74) is -0.0113. The lowest BCUT2D eigenvalue weighted by Crippen LogP contribution is -2.45. The van der Waals surface area contributed by atoms with Crippen LogP contribution in [-0.4, -0.2) is 72.3 Å². The van der Waals surface area contributed by atoms with E-state index in [2.05, 4.69) is 23.9 Å². The molecule has 0 bridgehead atoms. The van der Waals surface area contributed by atoms with E-state index >= 15 is 0 Å². The molecule has 0 aromatic heterocycles. The maximum atomic E-state index is 10.7. The first kappa shape index (κ1) is 17.7. The summed E-state index contributed by atoms with van der Waals surface area (Å²) in [4.78, 5) is 14.7. The number of aliphatic hydroxyl groups excluding tert-OH is 1. The van der Waals surface area contributed by atoms with E-state index in [0.29, 0.717) is 18.3 Å². The predicted octanol–water partition coefficient (Wildman–Crippen LogP) is 1.36. The lowest BCUT2D eigenvalue weighted by atomic mass is 10.0. The van der Waals surface area contributed by atoms with Crippen LogP contribution in [0.15, 0.2) is 24.3 Å². The van der Waals surface area contributed by atoms with Gasteiger partial charge in [0.2, 0.25) is 0 Å². The van der Waals surface area contributed by atoms with Crippen molar-refractivity contribution in [2.24, 2.45) is 0 Å².